The predicted octanol–water partition coefficient (Wildman–Crippen LogP) is 1.43. The number of carbonyl (C=O) groups is 2. The zero-order valence-corrected chi connectivity index (χ0v) is 16.0. The van der Waals surface area contributed by atoms with Gasteiger partial charge in [-0.3, -0.25) is 0 Å². The van der Waals surface area contributed by atoms with Crippen molar-refractivity contribution in [2.24, 2.45) is 0 Å². The first-order valence-electron chi connectivity index (χ1n) is 6.90. The Morgan fingerprint density at radius 3 is 2.29 bits per heavy atom. The molecular weight excluding hydrogens is 459 g/mol. The maximum atomic E-state index is 12.2. The number of benzene rings is 1. The van der Waals surface area contributed by atoms with Crippen LogP contribution in [0.1, 0.15) is 39.3 Å². The topological polar surface area (TPSA) is 55.2 Å². The van der Waals surface area contributed by atoms with Crippen molar-refractivity contribution >= 4 is 37.9 Å². The molecule has 1 aliphatic heterocycles. The van der Waals surface area contributed by atoms with Crippen molar-refractivity contribution in [3.63, 3.8) is 0 Å². The zero-order chi connectivity index (χ0) is 14.8. The van der Waals surface area contributed by atoms with Gasteiger partial charge in [0.05, 0.1) is 0 Å². The van der Waals surface area contributed by atoms with Crippen molar-refractivity contribution in [3.05, 3.63) is 53.6 Å². The summed E-state index contributed by atoms with van der Waals surface area (Å²) < 4.78 is 2.08. The molecule has 1 aromatic carbocycles. The molecule has 0 saturated carbocycles. The standard InChI is InChI=1S/C15H14N3O2.Tl/c19-14-12-6-1-2-7-13(12)15(20)18(14)8-4-3-5-11-9-16-10-17-11;/h1-2,6-7,9-10H,3-5,8H2;/q-1;+1. The van der Waals surface area contributed by atoms with E-state index in [1.54, 1.807) is 24.3 Å². The second-order valence-electron chi connectivity index (χ2n) is 5.08. The minimum absolute atomic E-state index is 0.166. The van der Waals surface area contributed by atoms with E-state index >= 15 is 0 Å². The molecule has 0 spiro atoms. The number of hydrogen-bond donors (Lipinski definition) is 0. The fourth-order valence-electron chi connectivity index (χ4n) is 2.53. The Hall–Kier alpha value is -1.51. The molecule has 2 heterocycles. The van der Waals surface area contributed by atoms with Gasteiger partial charge >= 0.3 is 139 Å². The molecule has 0 atom stereocenters. The SMILES string of the molecule is O=C1c2ccccc2C(=O)N1CCCCc1c[n]([Tl])cn1. The van der Waals surface area contributed by atoms with Gasteiger partial charge in [-0.05, 0) is 0 Å². The van der Waals surface area contributed by atoms with Crippen molar-refractivity contribution in [1.82, 2.24) is 12.3 Å². The van der Waals surface area contributed by atoms with Crippen molar-refractivity contribution in [2.45, 2.75) is 19.3 Å². The number of aromatic nitrogens is 2. The number of rotatable bonds is 5. The number of fused-ring (bicyclic) bond motifs is 1. The van der Waals surface area contributed by atoms with Gasteiger partial charge in [-0.15, -0.1) is 0 Å². The van der Waals surface area contributed by atoms with Gasteiger partial charge in [0.15, 0.2) is 0 Å². The average molecular weight is 473 g/mol. The monoisotopic (exact) mass is 473 g/mol. The molecule has 5 nitrogen and oxygen atoms in total. The number of unbranched alkanes of at least 4 members (excludes halogenated alkanes) is 1. The van der Waals surface area contributed by atoms with Crippen molar-refractivity contribution < 1.29 is 9.59 Å². The number of amides is 2. The van der Waals surface area contributed by atoms with E-state index in [4.69, 9.17) is 0 Å². The Labute approximate surface area is 139 Å². The van der Waals surface area contributed by atoms with Gasteiger partial charge in [-0.25, -0.2) is 0 Å². The minimum atomic E-state index is -0.166. The summed E-state index contributed by atoms with van der Waals surface area (Å²) in [5.41, 5.74) is 2.14. The Morgan fingerprint density at radius 2 is 1.71 bits per heavy atom. The van der Waals surface area contributed by atoms with Crippen LogP contribution in [0.25, 0.3) is 0 Å². The molecule has 1 aliphatic rings. The van der Waals surface area contributed by atoms with E-state index in [1.165, 1.54) is 4.90 Å². The summed E-state index contributed by atoms with van der Waals surface area (Å²) in [5, 5.41) is 0. The van der Waals surface area contributed by atoms with E-state index < -0.39 is 0 Å². The van der Waals surface area contributed by atoms with Gasteiger partial charge in [-0.2, -0.15) is 0 Å². The summed E-state index contributed by atoms with van der Waals surface area (Å²) in [6.45, 7) is 0.482. The summed E-state index contributed by atoms with van der Waals surface area (Å²) in [6.07, 6.45) is 6.54. The number of imidazole rings is 1. The molecule has 21 heavy (non-hydrogen) atoms. The fraction of sp³-hybridized carbons (Fsp3) is 0.267. The molecule has 0 aliphatic carbocycles. The fourth-order valence-corrected chi connectivity index (χ4v) is 3.46. The van der Waals surface area contributed by atoms with Crippen LogP contribution in [0, 0.1) is 0 Å². The molecule has 0 saturated heterocycles. The molecule has 0 bridgehead atoms. The molecule has 1 aromatic heterocycles. The maximum absolute atomic E-state index is 12.2. The molecule has 2 aromatic rings. The second-order valence-corrected chi connectivity index (χ2v) is 7.39. The van der Waals surface area contributed by atoms with Gasteiger partial charge in [0.2, 0.25) is 0 Å². The van der Waals surface area contributed by atoms with Crippen LogP contribution < -0.4 is 0 Å². The summed E-state index contributed by atoms with van der Waals surface area (Å²) in [7, 11) is 0. The first-order valence-corrected chi connectivity index (χ1v) is 8.91. The molecule has 2 amide bonds. The van der Waals surface area contributed by atoms with Gasteiger partial charge in [0.25, 0.3) is 0 Å². The molecule has 0 fully saturated rings. The van der Waals surface area contributed by atoms with Crippen LogP contribution >= 0.6 is 0 Å². The Bertz CT molecular complexity index is 661. The molecule has 0 unspecified atom stereocenters. The van der Waals surface area contributed by atoms with Crippen LogP contribution in [0.4, 0.5) is 0 Å². The summed E-state index contributed by atoms with van der Waals surface area (Å²) in [6, 6.07) is 7.01. The summed E-state index contributed by atoms with van der Waals surface area (Å²) >= 11 is 0.745. The number of nitrogens with zero attached hydrogens (tertiary/aromatic N) is 3. The normalized spacial score (nSPS) is 13.8. The van der Waals surface area contributed by atoms with Crippen LogP contribution in [0.15, 0.2) is 36.8 Å². The third-order valence-electron chi connectivity index (χ3n) is 3.60. The number of carbonyl (C=O) groups excluding carboxylic acids is 2. The summed E-state index contributed by atoms with van der Waals surface area (Å²) in [5.74, 6) is -0.332. The van der Waals surface area contributed by atoms with Crippen LogP contribution in [-0.2, 0) is 6.42 Å². The van der Waals surface area contributed by atoms with Crippen molar-refractivity contribution in [1.29, 1.82) is 0 Å². The Morgan fingerprint density at radius 1 is 1.05 bits per heavy atom. The molecule has 6 heteroatoms. The van der Waals surface area contributed by atoms with Crippen LogP contribution in [0.2, 0.25) is 0 Å². The third-order valence-corrected chi connectivity index (χ3v) is 4.70. The first-order chi connectivity index (χ1) is 10.2. The van der Waals surface area contributed by atoms with E-state index in [-0.39, 0.29) is 11.8 Å². The van der Waals surface area contributed by atoms with Crippen LogP contribution in [-0.4, -0.2) is 56.7 Å². The van der Waals surface area contributed by atoms with Gasteiger partial charge < -0.3 is 0 Å². The summed E-state index contributed by atoms with van der Waals surface area (Å²) in [4.78, 5) is 30.0. The quantitative estimate of drug-likeness (QED) is 0.376. The van der Waals surface area contributed by atoms with E-state index in [0.29, 0.717) is 17.7 Å². The van der Waals surface area contributed by atoms with Crippen molar-refractivity contribution in [2.75, 3.05) is 6.54 Å². The van der Waals surface area contributed by atoms with E-state index in [9.17, 15) is 9.59 Å². The molecule has 0 radical (unpaired) electrons. The number of hydrogen-bond acceptors (Lipinski definition) is 3. The number of imide groups is 1. The van der Waals surface area contributed by atoms with E-state index in [2.05, 4.69) is 13.6 Å². The predicted molar refractivity (Wildman–Crippen MR) is 78.1 cm³/mol. The van der Waals surface area contributed by atoms with Gasteiger partial charge in [0, 0.05) is 0 Å². The number of aryl methyl sites for hydroxylation is 1. The molecule has 3 rings (SSSR count). The van der Waals surface area contributed by atoms with E-state index in [0.717, 1.165) is 51.0 Å². The van der Waals surface area contributed by atoms with Crippen molar-refractivity contribution in [3.8, 4) is 0 Å². The average Bonchev–Trinajstić information content (AvgIpc) is 3.00. The van der Waals surface area contributed by atoms with Gasteiger partial charge in [0.1, 0.15) is 0 Å². The molecule has 104 valence electrons. The Kier molecular flexibility index (Phi) is 4.18. The first kappa shape index (κ1) is 14.4. The second kappa shape index (κ2) is 6.09. The molecular formula is C15H14N3O2Tl. The molecule has 0 N–H and O–H groups in total. The Balaban J connectivity index is 1.55. The van der Waals surface area contributed by atoms with Gasteiger partial charge in [-0.1, -0.05) is 0 Å². The van der Waals surface area contributed by atoms with Crippen LogP contribution in [0.5, 0.6) is 0 Å². The zero-order valence-electron chi connectivity index (χ0n) is 11.5. The third kappa shape index (κ3) is 2.92. The van der Waals surface area contributed by atoms with E-state index in [1.807, 2.05) is 6.33 Å². The van der Waals surface area contributed by atoms with Crippen LogP contribution in [0.3, 0.4) is 0 Å².